The average molecular weight is 409 g/mol. The Hall–Kier alpha value is -4.19. The lowest BCUT2D eigenvalue weighted by Crippen LogP contribution is -1.95. The number of aryl methyl sites for hydroxylation is 1. The van der Waals surface area contributed by atoms with Crippen molar-refractivity contribution in [2.75, 3.05) is 10.6 Å². The van der Waals surface area contributed by atoms with E-state index in [9.17, 15) is 0 Å². The molecule has 154 valence electrons. The van der Waals surface area contributed by atoms with Gasteiger partial charge in [-0.15, -0.1) is 0 Å². The molecule has 0 bridgehead atoms. The van der Waals surface area contributed by atoms with Crippen molar-refractivity contribution in [1.82, 2.24) is 9.97 Å². The van der Waals surface area contributed by atoms with Crippen LogP contribution in [0.1, 0.15) is 12.6 Å². The molecule has 6 nitrogen and oxygen atoms in total. The fourth-order valence-corrected chi connectivity index (χ4v) is 3.17. The van der Waals surface area contributed by atoms with Crippen molar-refractivity contribution in [2.45, 2.75) is 13.8 Å². The van der Waals surface area contributed by atoms with Crippen LogP contribution in [0.25, 0.3) is 22.6 Å². The number of hydrogen-bond acceptors (Lipinski definition) is 6. The second-order valence-corrected chi connectivity index (χ2v) is 7.19. The topological polar surface area (TPSA) is 75.3 Å². The summed E-state index contributed by atoms with van der Waals surface area (Å²) >= 11 is 0. The third-order valence-electron chi connectivity index (χ3n) is 4.62. The third kappa shape index (κ3) is 4.87. The fraction of sp³-hybridized carbons (Fsp3) is 0.0800. The van der Waals surface area contributed by atoms with Crippen LogP contribution in [0.2, 0.25) is 0 Å². The van der Waals surface area contributed by atoms with E-state index in [0.29, 0.717) is 11.5 Å². The first-order chi connectivity index (χ1) is 15.0. The molecule has 4 aromatic rings. The lowest BCUT2D eigenvalue weighted by Gasteiger charge is -2.07. The Morgan fingerprint density at radius 2 is 1.90 bits per heavy atom. The van der Waals surface area contributed by atoms with E-state index in [1.807, 2.05) is 74.5 Å². The van der Waals surface area contributed by atoms with Gasteiger partial charge < -0.3 is 15.1 Å². The van der Waals surface area contributed by atoms with Crippen molar-refractivity contribution in [3.05, 3.63) is 90.5 Å². The lowest BCUT2D eigenvalue weighted by molar-refractivity contribution is 0.620. The van der Waals surface area contributed by atoms with Crippen molar-refractivity contribution in [3.8, 4) is 11.5 Å². The van der Waals surface area contributed by atoms with Crippen LogP contribution in [0.15, 0.2) is 94.3 Å². The summed E-state index contributed by atoms with van der Waals surface area (Å²) in [6, 6.07) is 17.6. The highest BCUT2D eigenvalue weighted by atomic mass is 16.3. The normalized spacial score (nSPS) is 11.4. The van der Waals surface area contributed by atoms with E-state index in [-0.39, 0.29) is 0 Å². The smallest absolute Gasteiger partial charge is 0.227 e. The summed E-state index contributed by atoms with van der Waals surface area (Å²) in [6.07, 6.45) is 3.61. The summed E-state index contributed by atoms with van der Waals surface area (Å²) in [4.78, 5) is 12.8. The second kappa shape index (κ2) is 8.67. The molecule has 2 heterocycles. The number of aromatic nitrogens is 2. The molecule has 0 aliphatic carbocycles. The van der Waals surface area contributed by atoms with Crippen molar-refractivity contribution >= 4 is 34.9 Å². The van der Waals surface area contributed by atoms with Gasteiger partial charge in [0.2, 0.25) is 5.89 Å². The summed E-state index contributed by atoms with van der Waals surface area (Å²) in [5.41, 5.74) is 7.63. The number of anilines is 3. The van der Waals surface area contributed by atoms with Gasteiger partial charge in [-0.1, -0.05) is 12.6 Å². The number of rotatable bonds is 7. The van der Waals surface area contributed by atoms with Crippen molar-refractivity contribution in [1.29, 1.82) is 0 Å². The third-order valence-corrected chi connectivity index (χ3v) is 4.62. The van der Waals surface area contributed by atoms with E-state index in [1.165, 1.54) is 0 Å². The average Bonchev–Trinajstić information content (AvgIpc) is 3.17. The van der Waals surface area contributed by atoms with Gasteiger partial charge in [-0.3, -0.25) is 9.98 Å². The van der Waals surface area contributed by atoms with Crippen LogP contribution in [0.3, 0.4) is 0 Å². The zero-order valence-electron chi connectivity index (χ0n) is 17.5. The molecule has 0 atom stereocenters. The maximum atomic E-state index is 5.99. The lowest BCUT2D eigenvalue weighted by atomic mass is 10.2. The van der Waals surface area contributed by atoms with E-state index in [4.69, 9.17) is 4.42 Å². The molecule has 2 aromatic carbocycles. The highest BCUT2D eigenvalue weighted by Crippen LogP contribution is 2.29. The first-order valence-corrected chi connectivity index (χ1v) is 9.82. The monoisotopic (exact) mass is 409 g/mol. The van der Waals surface area contributed by atoms with Gasteiger partial charge in [-0.25, -0.2) is 4.98 Å². The predicted molar refractivity (Wildman–Crippen MR) is 128 cm³/mol. The number of fused-ring (bicyclic) bond motifs is 1. The number of allylic oxidation sites excluding steroid dienone is 2. The van der Waals surface area contributed by atoms with Gasteiger partial charge in [0.15, 0.2) is 5.58 Å². The van der Waals surface area contributed by atoms with Gasteiger partial charge in [0.1, 0.15) is 5.52 Å². The Morgan fingerprint density at radius 1 is 1.06 bits per heavy atom. The molecule has 2 aromatic heterocycles. The molecule has 6 heteroatoms. The highest BCUT2D eigenvalue weighted by Gasteiger charge is 2.10. The largest absolute Gasteiger partial charge is 0.436 e. The molecule has 0 saturated heterocycles. The molecule has 0 spiro atoms. The number of nitrogens with zero attached hydrogens (tertiary/aromatic N) is 3. The zero-order chi connectivity index (χ0) is 21.8. The predicted octanol–water partition coefficient (Wildman–Crippen LogP) is 6.47. The molecule has 31 heavy (non-hydrogen) atoms. The molecule has 2 N–H and O–H groups in total. The molecule has 0 amide bonds. The van der Waals surface area contributed by atoms with Gasteiger partial charge >= 0.3 is 0 Å². The number of aliphatic imine (C=N–C) groups is 1. The first kappa shape index (κ1) is 20.1. The molecule has 4 rings (SSSR count). The van der Waals surface area contributed by atoms with Crippen molar-refractivity contribution < 1.29 is 4.42 Å². The highest BCUT2D eigenvalue weighted by molar-refractivity contribution is 5.81. The second-order valence-electron chi connectivity index (χ2n) is 7.19. The summed E-state index contributed by atoms with van der Waals surface area (Å²) in [5.74, 6) is 0.562. The van der Waals surface area contributed by atoms with Crippen LogP contribution >= 0.6 is 0 Å². The Kier molecular flexibility index (Phi) is 5.62. The van der Waals surface area contributed by atoms with E-state index < -0.39 is 0 Å². The fourth-order valence-electron chi connectivity index (χ4n) is 3.17. The number of benzene rings is 2. The van der Waals surface area contributed by atoms with Crippen LogP contribution in [0, 0.1) is 6.92 Å². The van der Waals surface area contributed by atoms with Crippen molar-refractivity contribution in [3.63, 3.8) is 0 Å². The van der Waals surface area contributed by atoms with E-state index in [0.717, 1.165) is 45.2 Å². The molecule has 0 radical (unpaired) electrons. The standard InChI is InChI=1S/C25H23N5O/c1-16(26-4)12-18(3)28-21-8-9-24-23(15-21)30-25(31-24)19-6-5-7-20(14-19)29-22-10-11-27-17(2)13-22/h5-15,28H,3-4H2,1-2H3,(H,27,29)/b16-12-. The maximum Gasteiger partial charge on any atom is 0.227 e. The molecule has 0 aliphatic rings. The van der Waals surface area contributed by atoms with Crippen LogP contribution < -0.4 is 10.6 Å². The minimum absolute atomic E-state index is 0.562. The zero-order valence-corrected chi connectivity index (χ0v) is 17.5. The van der Waals surface area contributed by atoms with Gasteiger partial charge in [0.25, 0.3) is 0 Å². The molecular weight excluding hydrogens is 386 g/mol. The molecule has 0 fully saturated rings. The van der Waals surface area contributed by atoms with Gasteiger partial charge in [-0.2, -0.15) is 0 Å². The Labute approximate surface area is 181 Å². The van der Waals surface area contributed by atoms with Crippen LogP contribution in [-0.4, -0.2) is 16.7 Å². The Balaban J connectivity index is 1.57. The number of oxazole rings is 1. The van der Waals surface area contributed by atoms with Gasteiger partial charge in [0.05, 0.1) is 0 Å². The first-order valence-electron chi connectivity index (χ1n) is 9.82. The maximum absolute atomic E-state index is 5.99. The minimum Gasteiger partial charge on any atom is -0.436 e. The van der Waals surface area contributed by atoms with Crippen LogP contribution in [-0.2, 0) is 0 Å². The van der Waals surface area contributed by atoms with Crippen LogP contribution in [0.5, 0.6) is 0 Å². The minimum atomic E-state index is 0.562. The van der Waals surface area contributed by atoms with Gasteiger partial charge in [0, 0.05) is 45.9 Å². The van der Waals surface area contributed by atoms with E-state index in [2.05, 4.69) is 38.9 Å². The number of pyridine rings is 1. The molecular formula is C25H23N5O. The Bertz CT molecular complexity index is 1300. The molecule has 0 saturated carbocycles. The van der Waals surface area contributed by atoms with E-state index in [1.54, 1.807) is 6.20 Å². The van der Waals surface area contributed by atoms with Crippen LogP contribution in [0.4, 0.5) is 17.1 Å². The summed E-state index contributed by atoms with van der Waals surface area (Å²) in [5, 5.41) is 6.63. The van der Waals surface area contributed by atoms with Crippen molar-refractivity contribution in [2.24, 2.45) is 4.99 Å². The summed E-state index contributed by atoms with van der Waals surface area (Å²) < 4.78 is 5.99. The number of nitrogens with one attached hydrogen (secondary N) is 2. The Morgan fingerprint density at radius 3 is 2.71 bits per heavy atom. The summed E-state index contributed by atoms with van der Waals surface area (Å²) in [6.45, 7) is 11.3. The SMILES string of the molecule is C=N/C(C)=C\C(=C)Nc1ccc2oc(-c3cccc(Nc4ccnc(C)c4)c3)nc2c1. The summed E-state index contributed by atoms with van der Waals surface area (Å²) in [7, 11) is 0. The molecule has 0 aliphatic heterocycles. The van der Waals surface area contributed by atoms with E-state index >= 15 is 0 Å². The quantitative estimate of drug-likeness (QED) is 0.270. The number of hydrogen-bond donors (Lipinski definition) is 2. The van der Waals surface area contributed by atoms with Gasteiger partial charge in [-0.05, 0) is 75.2 Å². The molecule has 0 unspecified atom stereocenters.